The zero-order chi connectivity index (χ0) is 13.7. The van der Waals surface area contributed by atoms with Crippen LogP contribution in [-0.4, -0.2) is 27.0 Å². The van der Waals surface area contributed by atoms with Crippen molar-refractivity contribution in [2.45, 2.75) is 24.9 Å². The molecule has 1 aliphatic carbocycles. The van der Waals surface area contributed by atoms with Gasteiger partial charge in [0.1, 0.15) is 5.69 Å². The normalized spacial score (nSPS) is 23.6. The summed E-state index contributed by atoms with van der Waals surface area (Å²) in [6, 6.07) is 10.2. The third-order valence-electron chi connectivity index (χ3n) is 4.17. The predicted molar refractivity (Wildman–Crippen MR) is 75.7 cm³/mol. The highest BCUT2D eigenvalue weighted by molar-refractivity contribution is 5.81. The summed E-state index contributed by atoms with van der Waals surface area (Å²) in [4.78, 5) is 16.5. The Morgan fingerprint density at radius 1 is 1.25 bits per heavy atom. The smallest absolute Gasteiger partial charge is 0.331 e. The van der Waals surface area contributed by atoms with E-state index < -0.39 is 0 Å². The highest BCUT2D eigenvalue weighted by atomic mass is 16.3. The molecule has 2 atom stereocenters. The number of fused-ring (bicyclic) bond motifs is 1. The van der Waals surface area contributed by atoms with Crippen LogP contribution in [0, 0.1) is 0 Å². The quantitative estimate of drug-likeness (QED) is 0.898. The summed E-state index contributed by atoms with van der Waals surface area (Å²) in [6.45, 7) is 1.15. The second-order valence-electron chi connectivity index (χ2n) is 5.37. The lowest BCUT2D eigenvalue weighted by atomic mass is 10.1. The number of benzene rings is 1. The Kier molecular flexibility index (Phi) is 2.36. The molecule has 5 nitrogen and oxygen atoms in total. The first-order valence-corrected chi connectivity index (χ1v) is 6.86. The molecular formula is C15H15N3O2. The van der Waals surface area contributed by atoms with Crippen molar-refractivity contribution in [3.8, 4) is 5.88 Å². The Bertz CT molecular complexity index is 742. The van der Waals surface area contributed by atoms with Gasteiger partial charge in [0.2, 0.25) is 5.88 Å². The Morgan fingerprint density at radius 3 is 2.80 bits per heavy atom. The zero-order valence-corrected chi connectivity index (χ0v) is 10.9. The maximum Gasteiger partial charge on any atom is 0.331 e. The van der Waals surface area contributed by atoms with Crippen LogP contribution in [0.4, 0.5) is 0 Å². The predicted octanol–water partition coefficient (Wildman–Crippen LogP) is 1.52. The van der Waals surface area contributed by atoms with E-state index in [-0.39, 0.29) is 17.6 Å². The van der Waals surface area contributed by atoms with E-state index in [0.29, 0.717) is 24.7 Å². The molecule has 4 rings (SSSR count). The molecule has 1 saturated carbocycles. The van der Waals surface area contributed by atoms with E-state index in [2.05, 4.69) is 17.1 Å². The van der Waals surface area contributed by atoms with Crippen molar-refractivity contribution in [3.63, 3.8) is 0 Å². The van der Waals surface area contributed by atoms with E-state index in [9.17, 15) is 9.90 Å². The van der Waals surface area contributed by atoms with Gasteiger partial charge in [-0.25, -0.2) is 4.79 Å². The molecule has 1 aromatic carbocycles. The number of imidazole rings is 1. The summed E-state index contributed by atoms with van der Waals surface area (Å²) in [6.07, 6.45) is 2.49. The summed E-state index contributed by atoms with van der Waals surface area (Å²) >= 11 is 0. The van der Waals surface area contributed by atoms with Gasteiger partial charge in [0.25, 0.3) is 0 Å². The van der Waals surface area contributed by atoms with Crippen molar-refractivity contribution in [2.75, 3.05) is 6.54 Å². The highest BCUT2D eigenvalue weighted by Gasteiger charge is 2.43. The van der Waals surface area contributed by atoms with Gasteiger partial charge in [-0.2, -0.15) is 0 Å². The first kappa shape index (κ1) is 11.5. The van der Waals surface area contributed by atoms with Crippen LogP contribution in [0.25, 0.3) is 0 Å². The van der Waals surface area contributed by atoms with Gasteiger partial charge in [0.15, 0.2) is 0 Å². The van der Waals surface area contributed by atoms with Crippen LogP contribution in [0.15, 0.2) is 40.1 Å². The van der Waals surface area contributed by atoms with Crippen molar-refractivity contribution < 1.29 is 5.11 Å². The molecule has 5 heteroatoms. The Hall–Kier alpha value is -2.30. The molecule has 102 valence electrons. The summed E-state index contributed by atoms with van der Waals surface area (Å²) in [5, 5.41) is 10.3. The average Bonchev–Trinajstić information content (AvgIpc) is 3.24. The number of aromatic hydroxyl groups is 1. The van der Waals surface area contributed by atoms with Crippen molar-refractivity contribution >= 4 is 6.21 Å². The van der Waals surface area contributed by atoms with Gasteiger partial charge < -0.3 is 5.11 Å². The van der Waals surface area contributed by atoms with E-state index in [4.69, 9.17) is 0 Å². The van der Waals surface area contributed by atoms with Crippen LogP contribution in [0.5, 0.6) is 5.88 Å². The molecule has 0 amide bonds. The molecule has 20 heavy (non-hydrogen) atoms. The lowest BCUT2D eigenvalue weighted by molar-refractivity contribution is 0.412. The summed E-state index contributed by atoms with van der Waals surface area (Å²) < 4.78 is 3.15. The monoisotopic (exact) mass is 269 g/mol. The Labute approximate surface area is 115 Å². The first-order valence-electron chi connectivity index (χ1n) is 6.86. The van der Waals surface area contributed by atoms with Crippen molar-refractivity contribution in [2.24, 2.45) is 4.99 Å². The Morgan fingerprint density at radius 2 is 2.05 bits per heavy atom. The van der Waals surface area contributed by atoms with Gasteiger partial charge in [-0.3, -0.25) is 14.1 Å². The number of aromatic nitrogens is 2. The van der Waals surface area contributed by atoms with Gasteiger partial charge in [-0.05, 0) is 12.0 Å². The second-order valence-corrected chi connectivity index (χ2v) is 5.37. The fourth-order valence-corrected chi connectivity index (χ4v) is 3.04. The number of aliphatic imine (C=N–C) groups is 1. The van der Waals surface area contributed by atoms with Crippen LogP contribution < -0.4 is 5.69 Å². The van der Waals surface area contributed by atoms with Crippen molar-refractivity contribution in [1.82, 2.24) is 9.13 Å². The minimum absolute atomic E-state index is 0.0573. The third kappa shape index (κ3) is 1.56. The maximum absolute atomic E-state index is 12.4. The minimum Gasteiger partial charge on any atom is -0.493 e. The van der Waals surface area contributed by atoms with Crippen LogP contribution >= 0.6 is 0 Å². The van der Waals surface area contributed by atoms with Crippen molar-refractivity contribution in [3.05, 3.63) is 52.1 Å². The molecular weight excluding hydrogens is 254 g/mol. The van der Waals surface area contributed by atoms with E-state index in [1.807, 2.05) is 18.2 Å². The molecule has 1 N–H and O–H groups in total. The van der Waals surface area contributed by atoms with Crippen LogP contribution in [-0.2, 0) is 6.54 Å². The lowest BCUT2D eigenvalue weighted by Crippen LogP contribution is -2.27. The fraction of sp³-hybridized carbons (Fsp3) is 0.333. The minimum atomic E-state index is -0.118. The molecule has 0 radical (unpaired) electrons. The third-order valence-corrected chi connectivity index (χ3v) is 4.17. The molecule has 2 heterocycles. The number of nitrogens with zero attached hydrogens (tertiary/aromatic N) is 3. The molecule has 0 saturated heterocycles. The standard InChI is InChI=1S/C15H15N3O2/c19-14-13-9-16-6-7-17(13)15(20)18(14)12-8-11(12)10-4-2-1-3-5-10/h1-5,9,11-12,19H,6-8H2/t11-,12+/m1/s1. The molecule has 0 bridgehead atoms. The molecule has 1 fully saturated rings. The summed E-state index contributed by atoms with van der Waals surface area (Å²) in [5.74, 6) is 0.378. The zero-order valence-electron chi connectivity index (χ0n) is 10.9. The largest absolute Gasteiger partial charge is 0.493 e. The molecule has 1 aromatic heterocycles. The molecule has 1 aliphatic heterocycles. The summed E-state index contributed by atoms with van der Waals surface area (Å²) in [5.41, 5.74) is 1.65. The fourth-order valence-electron chi connectivity index (χ4n) is 3.04. The number of rotatable bonds is 2. The molecule has 2 aliphatic rings. The van der Waals surface area contributed by atoms with Gasteiger partial charge in [0, 0.05) is 18.5 Å². The van der Waals surface area contributed by atoms with E-state index in [1.165, 1.54) is 10.1 Å². The molecule has 0 spiro atoms. The topological polar surface area (TPSA) is 59.5 Å². The van der Waals surface area contributed by atoms with E-state index in [0.717, 1.165) is 6.42 Å². The van der Waals surface area contributed by atoms with Crippen LogP contribution in [0.3, 0.4) is 0 Å². The lowest BCUT2D eigenvalue weighted by Gasteiger charge is -2.05. The Balaban J connectivity index is 1.74. The SMILES string of the molecule is O=c1n2c(c(O)n1[C@H]1C[C@@H]1c1ccccc1)C=NCC2. The molecule has 2 aromatic rings. The van der Waals surface area contributed by atoms with Gasteiger partial charge in [0.05, 0.1) is 12.8 Å². The van der Waals surface area contributed by atoms with Crippen LogP contribution in [0.2, 0.25) is 0 Å². The average molecular weight is 269 g/mol. The maximum atomic E-state index is 12.4. The highest BCUT2D eigenvalue weighted by Crippen LogP contribution is 2.52. The van der Waals surface area contributed by atoms with Crippen LogP contribution in [0.1, 0.15) is 29.6 Å². The second kappa shape index (κ2) is 4.10. The van der Waals surface area contributed by atoms with Gasteiger partial charge in [-0.1, -0.05) is 30.3 Å². The van der Waals surface area contributed by atoms with E-state index >= 15 is 0 Å². The van der Waals surface area contributed by atoms with E-state index in [1.54, 1.807) is 10.8 Å². The van der Waals surface area contributed by atoms with Gasteiger partial charge in [-0.15, -0.1) is 0 Å². The van der Waals surface area contributed by atoms with Crippen molar-refractivity contribution in [1.29, 1.82) is 0 Å². The summed E-state index contributed by atoms with van der Waals surface area (Å²) in [7, 11) is 0. The number of hydrogen-bond donors (Lipinski definition) is 1. The molecule has 0 unspecified atom stereocenters. The number of hydrogen-bond acceptors (Lipinski definition) is 3. The first-order chi connectivity index (χ1) is 9.77. The van der Waals surface area contributed by atoms with Gasteiger partial charge >= 0.3 is 5.69 Å².